The third kappa shape index (κ3) is 4.19. The molecule has 1 heterocycles. The SMILES string of the molecule is CCC(C)(C)C1CCC(NC(=O)c2ccc(S(=O)(=O)NC)o2)CC1. The first kappa shape index (κ1) is 19.0. The molecule has 24 heavy (non-hydrogen) atoms. The molecule has 0 unspecified atom stereocenters. The smallest absolute Gasteiger partial charge is 0.287 e. The minimum absolute atomic E-state index is 0.0276. The Kier molecular flexibility index (Phi) is 5.75. The maximum Gasteiger partial charge on any atom is 0.287 e. The van der Waals surface area contributed by atoms with E-state index in [2.05, 4.69) is 30.8 Å². The number of nitrogens with one attached hydrogen (secondary N) is 2. The van der Waals surface area contributed by atoms with Gasteiger partial charge in [-0.3, -0.25) is 4.79 Å². The quantitative estimate of drug-likeness (QED) is 0.820. The van der Waals surface area contributed by atoms with Gasteiger partial charge in [-0.1, -0.05) is 27.2 Å². The van der Waals surface area contributed by atoms with Gasteiger partial charge in [0.05, 0.1) is 0 Å². The molecule has 0 atom stereocenters. The third-order valence-electron chi connectivity index (χ3n) is 5.42. The molecule has 2 rings (SSSR count). The van der Waals surface area contributed by atoms with Crippen molar-refractivity contribution in [2.45, 2.75) is 64.0 Å². The van der Waals surface area contributed by atoms with Gasteiger partial charge in [-0.2, -0.15) is 0 Å². The van der Waals surface area contributed by atoms with Crippen LogP contribution in [0, 0.1) is 11.3 Å². The molecule has 1 fully saturated rings. The van der Waals surface area contributed by atoms with E-state index in [-0.39, 0.29) is 22.8 Å². The summed E-state index contributed by atoms with van der Waals surface area (Å²) in [5, 5.41) is 2.71. The fraction of sp³-hybridized carbons (Fsp3) is 0.706. The minimum Gasteiger partial charge on any atom is -0.438 e. The van der Waals surface area contributed by atoms with Crippen LogP contribution in [-0.4, -0.2) is 27.4 Å². The molecule has 2 N–H and O–H groups in total. The van der Waals surface area contributed by atoms with Crippen LogP contribution in [0.15, 0.2) is 21.6 Å². The number of amides is 1. The van der Waals surface area contributed by atoms with E-state index in [1.165, 1.54) is 19.2 Å². The minimum atomic E-state index is -3.67. The second-order valence-electron chi connectivity index (χ2n) is 7.19. The van der Waals surface area contributed by atoms with E-state index < -0.39 is 10.0 Å². The van der Waals surface area contributed by atoms with Crippen LogP contribution in [0.3, 0.4) is 0 Å². The standard InChI is InChI=1S/C17H28N2O4S/c1-5-17(2,3)12-6-8-13(9-7-12)19-16(20)14-10-11-15(23-14)24(21,22)18-4/h10-13,18H,5-9H2,1-4H3,(H,19,20). The van der Waals surface area contributed by atoms with Crippen LogP contribution < -0.4 is 10.0 Å². The van der Waals surface area contributed by atoms with Crippen LogP contribution in [0.1, 0.15) is 63.4 Å². The van der Waals surface area contributed by atoms with Gasteiger partial charge in [-0.15, -0.1) is 0 Å². The van der Waals surface area contributed by atoms with E-state index in [1.807, 2.05) is 0 Å². The van der Waals surface area contributed by atoms with Gasteiger partial charge in [-0.25, -0.2) is 13.1 Å². The first-order chi connectivity index (χ1) is 11.2. The lowest BCUT2D eigenvalue weighted by molar-refractivity contribution is 0.0861. The molecule has 0 bridgehead atoms. The van der Waals surface area contributed by atoms with Gasteiger partial charge in [0.2, 0.25) is 5.09 Å². The summed E-state index contributed by atoms with van der Waals surface area (Å²) in [6.45, 7) is 6.84. The highest BCUT2D eigenvalue weighted by Gasteiger charge is 2.32. The van der Waals surface area contributed by atoms with Gasteiger partial charge < -0.3 is 9.73 Å². The van der Waals surface area contributed by atoms with Crippen molar-refractivity contribution >= 4 is 15.9 Å². The van der Waals surface area contributed by atoms with Gasteiger partial charge in [0.25, 0.3) is 15.9 Å². The number of sulfonamides is 1. The summed E-state index contributed by atoms with van der Waals surface area (Å²) in [5.74, 6) is 0.359. The van der Waals surface area contributed by atoms with Crippen LogP contribution in [-0.2, 0) is 10.0 Å². The molecular weight excluding hydrogens is 328 g/mol. The highest BCUT2D eigenvalue weighted by molar-refractivity contribution is 7.89. The highest BCUT2D eigenvalue weighted by atomic mass is 32.2. The number of furan rings is 1. The van der Waals surface area contributed by atoms with Gasteiger partial charge in [0.15, 0.2) is 5.76 Å². The van der Waals surface area contributed by atoms with Crippen molar-refractivity contribution in [1.82, 2.24) is 10.0 Å². The molecule has 1 aromatic rings. The third-order valence-corrected chi connectivity index (χ3v) is 6.70. The first-order valence-electron chi connectivity index (χ1n) is 8.54. The summed E-state index contributed by atoms with van der Waals surface area (Å²) in [6, 6.07) is 2.81. The Bertz CT molecular complexity index is 671. The molecule has 0 aliphatic heterocycles. The molecule has 1 aromatic heterocycles. The van der Waals surface area contributed by atoms with Crippen molar-refractivity contribution < 1.29 is 17.6 Å². The number of carbonyl (C=O) groups is 1. The number of hydrogen-bond acceptors (Lipinski definition) is 4. The molecule has 6 nitrogen and oxygen atoms in total. The Labute approximate surface area is 144 Å². The summed E-state index contributed by atoms with van der Waals surface area (Å²) in [5.41, 5.74) is 0.340. The molecular formula is C17H28N2O4S. The van der Waals surface area contributed by atoms with Gasteiger partial charge in [-0.05, 0) is 56.2 Å². The zero-order chi connectivity index (χ0) is 18.0. The molecule has 1 saturated carbocycles. The number of carbonyl (C=O) groups excluding carboxylic acids is 1. The van der Waals surface area contributed by atoms with Crippen LogP contribution in [0.4, 0.5) is 0 Å². The van der Waals surface area contributed by atoms with Crippen LogP contribution in [0.25, 0.3) is 0 Å². The lowest BCUT2D eigenvalue weighted by Gasteiger charge is -2.39. The Morgan fingerprint density at radius 1 is 1.25 bits per heavy atom. The molecule has 0 saturated heterocycles. The number of hydrogen-bond donors (Lipinski definition) is 2. The number of rotatable bonds is 6. The van der Waals surface area contributed by atoms with E-state index in [0.29, 0.717) is 11.3 Å². The van der Waals surface area contributed by atoms with E-state index >= 15 is 0 Å². The topological polar surface area (TPSA) is 88.4 Å². The van der Waals surface area contributed by atoms with Crippen molar-refractivity contribution in [1.29, 1.82) is 0 Å². The molecule has 0 aromatic carbocycles. The zero-order valence-corrected chi connectivity index (χ0v) is 15.7. The lowest BCUT2D eigenvalue weighted by atomic mass is 9.69. The van der Waals surface area contributed by atoms with Crippen molar-refractivity contribution in [2.24, 2.45) is 11.3 Å². The van der Waals surface area contributed by atoms with Crippen LogP contribution in [0.5, 0.6) is 0 Å². The Balaban J connectivity index is 1.93. The summed E-state index contributed by atoms with van der Waals surface area (Å²) in [6.07, 6.45) is 5.25. The molecule has 7 heteroatoms. The predicted octanol–water partition coefficient (Wildman–Crippen LogP) is 2.91. The Morgan fingerprint density at radius 2 is 1.88 bits per heavy atom. The highest BCUT2D eigenvalue weighted by Crippen LogP contribution is 2.40. The van der Waals surface area contributed by atoms with Crippen molar-refractivity contribution in [3.05, 3.63) is 17.9 Å². The van der Waals surface area contributed by atoms with Crippen molar-refractivity contribution in [2.75, 3.05) is 7.05 Å². The normalized spacial score (nSPS) is 22.3. The zero-order valence-electron chi connectivity index (χ0n) is 14.9. The Hall–Kier alpha value is -1.34. The summed E-state index contributed by atoms with van der Waals surface area (Å²) in [7, 11) is -2.37. The summed E-state index contributed by atoms with van der Waals surface area (Å²) in [4.78, 5) is 12.3. The maximum atomic E-state index is 12.3. The van der Waals surface area contributed by atoms with Gasteiger partial charge in [0.1, 0.15) is 0 Å². The Morgan fingerprint density at radius 3 is 2.42 bits per heavy atom. The average molecular weight is 356 g/mol. The van der Waals surface area contributed by atoms with Gasteiger partial charge in [0, 0.05) is 6.04 Å². The second kappa shape index (κ2) is 7.27. The fourth-order valence-corrected chi connectivity index (χ4v) is 3.90. The summed E-state index contributed by atoms with van der Waals surface area (Å²) < 4.78 is 30.6. The van der Waals surface area contributed by atoms with Crippen molar-refractivity contribution in [3.63, 3.8) is 0 Å². The molecule has 1 aliphatic rings. The largest absolute Gasteiger partial charge is 0.438 e. The molecule has 1 aliphatic carbocycles. The van der Waals surface area contributed by atoms with E-state index in [0.717, 1.165) is 32.1 Å². The predicted molar refractivity (Wildman–Crippen MR) is 92.2 cm³/mol. The summed E-state index contributed by atoms with van der Waals surface area (Å²) >= 11 is 0. The molecule has 0 spiro atoms. The molecule has 136 valence electrons. The van der Waals surface area contributed by atoms with E-state index in [4.69, 9.17) is 4.42 Å². The van der Waals surface area contributed by atoms with Crippen molar-refractivity contribution in [3.8, 4) is 0 Å². The maximum absolute atomic E-state index is 12.3. The molecule has 0 radical (unpaired) electrons. The van der Waals surface area contributed by atoms with Crippen LogP contribution in [0.2, 0.25) is 0 Å². The fourth-order valence-electron chi connectivity index (χ4n) is 3.25. The monoisotopic (exact) mass is 356 g/mol. The first-order valence-corrected chi connectivity index (χ1v) is 10.0. The second-order valence-corrected chi connectivity index (χ2v) is 9.01. The van der Waals surface area contributed by atoms with E-state index in [1.54, 1.807) is 0 Å². The lowest BCUT2D eigenvalue weighted by Crippen LogP contribution is -2.39. The van der Waals surface area contributed by atoms with Crippen LogP contribution >= 0.6 is 0 Å². The average Bonchev–Trinajstić information content (AvgIpc) is 3.06. The van der Waals surface area contributed by atoms with E-state index in [9.17, 15) is 13.2 Å². The molecule has 1 amide bonds. The van der Waals surface area contributed by atoms with Gasteiger partial charge >= 0.3 is 0 Å².